The second-order valence-electron chi connectivity index (χ2n) is 3.92. The first-order chi connectivity index (χ1) is 8.63. The van der Waals surface area contributed by atoms with Crippen LogP contribution in [0.1, 0.15) is 18.1 Å². The van der Waals surface area contributed by atoms with Gasteiger partial charge in [0.15, 0.2) is 0 Å². The SMILES string of the molecule is CC(=O)OC(Br)(c1ccccc1)c1ccccc1. The fraction of sp³-hybridized carbons (Fsp3) is 0.133. The number of ether oxygens (including phenoxy) is 1. The number of benzene rings is 2. The van der Waals surface area contributed by atoms with Crippen molar-refractivity contribution in [2.45, 2.75) is 11.4 Å². The molecule has 2 rings (SSSR count). The number of carbonyl (C=O) groups is 1. The zero-order valence-electron chi connectivity index (χ0n) is 9.97. The van der Waals surface area contributed by atoms with E-state index in [1.807, 2.05) is 60.7 Å². The van der Waals surface area contributed by atoms with Crippen molar-refractivity contribution in [1.82, 2.24) is 0 Å². The van der Waals surface area contributed by atoms with Crippen molar-refractivity contribution >= 4 is 21.9 Å². The molecule has 0 fully saturated rings. The molecule has 0 aliphatic carbocycles. The monoisotopic (exact) mass is 304 g/mol. The van der Waals surface area contributed by atoms with Crippen molar-refractivity contribution in [3.63, 3.8) is 0 Å². The minimum absolute atomic E-state index is 0.334. The fourth-order valence-corrected chi connectivity index (χ4v) is 2.54. The van der Waals surface area contributed by atoms with Gasteiger partial charge in [0.1, 0.15) is 0 Å². The summed E-state index contributed by atoms with van der Waals surface area (Å²) in [7, 11) is 0. The van der Waals surface area contributed by atoms with Gasteiger partial charge in [0.25, 0.3) is 0 Å². The van der Waals surface area contributed by atoms with Crippen molar-refractivity contribution in [3.05, 3.63) is 71.8 Å². The molecular weight excluding hydrogens is 292 g/mol. The average Bonchev–Trinajstić information content (AvgIpc) is 2.40. The third-order valence-electron chi connectivity index (χ3n) is 2.57. The summed E-state index contributed by atoms with van der Waals surface area (Å²) in [6.45, 7) is 1.40. The molecule has 18 heavy (non-hydrogen) atoms. The molecule has 0 amide bonds. The maximum Gasteiger partial charge on any atom is 0.304 e. The van der Waals surface area contributed by atoms with Gasteiger partial charge in [0, 0.05) is 18.1 Å². The summed E-state index contributed by atoms with van der Waals surface area (Å²) in [4.78, 5) is 11.4. The van der Waals surface area contributed by atoms with Crippen molar-refractivity contribution in [2.24, 2.45) is 0 Å². The molecule has 0 aliphatic heterocycles. The van der Waals surface area contributed by atoms with Gasteiger partial charge in [0.05, 0.1) is 0 Å². The van der Waals surface area contributed by atoms with E-state index in [1.54, 1.807) is 0 Å². The van der Waals surface area contributed by atoms with E-state index in [0.717, 1.165) is 11.1 Å². The van der Waals surface area contributed by atoms with Gasteiger partial charge in [-0.05, 0) is 15.9 Å². The average molecular weight is 305 g/mol. The first-order valence-corrected chi connectivity index (χ1v) is 6.42. The van der Waals surface area contributed by atoms with E-state index < -0.39 is 4.51 Å². The Hall–Kier alpha value is -1.61. The van der Waals surface area contributed by atoms with Crippen molar-refractivity contribution in [3.8, 4) is 0 Å². The lowest BCUT2D eigenvalue weighted by atomic mass is 10.0. The van der Waals surface area contributed by atoms with E-state index in [0.29, 0.717) is 0 Å². The molecule has 92 valence electrons. The quantitative estimate of drug-likeness (QED) is 0.636. The molecule has 0 unspecified atom stereocenters. The molecule has 0 bridgehead atoms. The van der Waals surface area contributed by atoms with Crippen LogP contribution in [0.3, 0.4) is 0 Å². The van der Waals surface area contributed by atoms with Gasteiger partial charge in [-0.15, -0.1) is 0 Å². The number of halogens is 1. The molecule has 2 aromatic carbocycles. The molecule has 2 aromatic rings. The van der Waals surface area contributed by atoms with Gasteiger partial charge in [0.2, 0.25) is 4.51 Å². The van der Waals surface area contributed by atoms with Crippen LogP contribution in [0.15, 0.2) is 60.7 Å². The lowest BCUT2D eigenvalue weighted by Gasteiger charge is -2.28. The molecule has 0 heterocycles. The van der Waals surface area contributed by atoms with Crippen molar-refractivity contribution in [2.75, 3.05) is 0 Å². The van der Waals surface area contributed by atoms with E-state index in [9.17, 15) is 4.79 Å². The number of hydrogen-bond donors (Lipinski definition) is 0. The Balaban J connectivity index is 2.51. The van der Waals surface area contributed by atoms with Gasteiger partial charge >= 0.3 is 5.97 Å². The minimum atomic E-state index is -0.929. The van der Waals surface area contributed by atoms with Crippen LogP contribution in [-0.4, -0.2) is 5.97 Å². The first-order valence-electron chi connectivity index (χ1n) is 5.62. The standard InChI is InChI=1S/C15H13BrO2/c1-12(17)18-15(16,13-8-4-2-5-9-13)14-10-6-3-7-11-14/h2-11H,1H3. The normalized spacial score (nSPS) is 11.0. The highest BCUT2D eigenvalue weighted by atomic mass is 79.9. The van der Waals surface area contributed by atoms with Crippen LogP contribution in [0, 0.1) is 0 Å². The van der Waals surface area contributed by atoms with Crippen LogP contribution in [0.25, 0.3) is 0 Å². The molecule has 0 aliphatic rings. The predicted octanol–water partition coefficient (Wildman–Crippen LogP) is 3.85. The molecule has 0 radical (unpaired) electrons. The predicted molar refractivity (Wildman–Crippen MR) is 74.4 cm³/mol. The van der Waals surface area contributed by atoms with Crippen LogP contribution >= 0.6 is 15.9 Å². The first kappa shape index (κ1) is 12.8. The number of carbonyl (C=O) groups excluding carboxylic acids is 1. The maximum absolute atomic E-state index is 11.4. The van der Waals surface area contributed by atoms with Crippen LogP contribution < -0.4 is 0 Å². The third-order valence-corrected chi connectivity index (χ3v) is 3.65. The topological polar surface area (TPSA) is 26.3 Å². The molecule has 0 spiro atoms. The summed E-state index contributed by atoms with van der Waals surface area (Å²) in [6.07, 6.45) is 0. The summed E-state index contributed by atoms with van der Waals surface area (Å²) < 4.78 is 4.56. The van der Waals surface area contributed by atoms with E-state index in [2.05, 4.69) is 15.9 Å². The van der Waals surface area contributed by atoms with E-state index in [-0.39, 0.29) is 5.97 Å². The molecular formula is C15H13BrO2. The number of rotatable bonds is 3. The second kappa shape index (κ2) is 5.36. The molecule has 0 N–H and O–H groups in total. The van der Waals surface area contributed by atoms with Crippen molar-refractivity contribution < 1.29 is 9.53 Å². The summed E-state index contributed by atoms with van der Waals surface area (Å²) in [5, 5.41) is 0. The van der Waals surface area contributed by atoms with Gasteiger partial charge in [-0.1, -0.05) is 60.7 Å². The summed E-state index contributed by atoms with van der Waals surface area (Å²) in [6, 6.07) is 19.2. The van der Waals surface area contributed by atoms with E-state index in [4.69, 9.17) is 4.74 Å². The Morgan fingerprint density at radius 1 is 0.944 bits per heavy atom. The second-order valence-corrected chi connectivity index (χ2v) is 5.04. The smallest absolute Gasteiger partial charge is 0.304 e. The highest BCUT2D eigenvalue weighted by Gasteiger charge is 2.34. The lowest BCUT2D eigenvalue weighted by Crippen LogP contribution is -2.26. The largest absolute Gasteiger partial charge is 0.439 e. The Morgan fingerprint density at radius 2 is 1.33 bits per heavy atom. The Labute approximate surface area is 115 Å². The van der Waals surface area contributed by atoms with E-state index >= 15 is 0 Å². The highest BCUT2D eigenvalue weighted by Crippen LogP contribution is 2.39. The summed E-state index contributed by atoms with van der Waals surface area (Å²) in [5.74, 6) is -0.334. The molecule has 0 atom stereocenters. The Bertz CT molecular complexity index is 483. The third kappa shape index (κ3) is 2.62. The fourth-order valence-electron chi connectivity index (χ4n) is 1.79. The van der Waals surface area contributed by atoms with Crippen LogP contribution in [0.4, 0.5) is 0 Å². The van der Waals surface area contributed by atoms with Gasteiger partial charge in [-0.2, -0.15) is 0 Å². The maximum atomic E-state index is 11.4. The number of esters is 1. The number of hydrogen-bond acceptors (Lipinski definition) is 2. The van der Waals surface area contributed by atoms with Crippen LogP contribution in [0.2, 0.25) is 0 Å². The highest BCUT2D eigenvalue weighted by molar-refractivity contribution is 9.09. The van der Waals surface area contributed by atoms with Gasteiger partial charge in [-0.3, -0.25) is 4.79 Å². The van der Waals surface area contributed by atoms with Crippen LogP contribution in [0.5, 0.6) is 0 Å². The van der Waals surface area contributed by atoms with Crippen LogP contribution in [-0.2, 0) is 14.0 Å². The molecule has 3 heteroatoms. The summed E-state index contributed by atoms with van der Waals surface area (Å²) >= 11 is 3.56. The zero-order chi connectivity index (χ0) is 13.0. The van der Waals surface area contributed by atoms with Gasteiger partial charge < -0.3 is 4.74 Å². The Kier molecular flexibility index (Phi) is 3.82. The zero-order valence-corrected chi connectivity index (χ0v) is 11.6. The molecule has 0 aromatic heterocycles. The molecule has 0 saturated heterocycles. The van der Waals surface area contributed by atoms with Gasteiger partial charge in [-0.25, -0.2) is 0 Å². The number of alkyl halides is 1. The Morgan fingerprint density at radius 3 is 1.67 bits per heavy atom. The molecule has 2 nitrogen and oxygen atoms in total. The molecule has 0 saturated carbocycles. The van der Waals surface area contributed by atoms with Crippen molar-refractivity contribution in [1.29, 1.82) is 0 Å². The summed E-state index contributed by atoms with van der Waals surface area (Å²) in [5.41, 5.74) is 1.76. The lowest BCUT2D eigenvalue weighted by molar-refractivity contribution is -0.146. The minimum Gasteiger partial charge on any atom is -0.439 e. The van der Waals surface area contributed by atoms with E-state index in [1.165, 1.54) is 6.92 Å².